The molecule has 11 heteroatoms. The van der Waals surface area contributed by atoms with E-state index in [2.05, 4.69) is 17.6 Å². The Balaban J connectivity index is -0.000000312. The minimum atomic E-state index is -1.00. The molecule has 0 aliphatic heterocycles. The topological polar surface area (TPSA) is 191 Å². The van der Waals surface area contributed by atoms with Gasteiger partial charge in [-0.25, -0.2) is 0 Å². The molecule has 0 saturated heterocycles. The molecule has 0 saturated carbocycles. The number of nitrogens with two attached hydrogens (primary N) is 4. The van der Waals surface area contributed by atoms with Gasteiger partial charge >= 0.3 is 11.9 Å². The van der Waals surface area contributed by atoms with E-state index in [1.165, 1.54) is 0 Å². The van der Waals surface area contributed by atoms with Crippen LogP contribution in [-0.2, 0) is 9.59 Å². The van der Waals surface area contributed by atoms with Crippen LogP contribution in [0.4, 0.5) is 0 Å². The van der Waals surface area contributed by atoms with Crippen molar-refractivity contribution in [2.24, 2.45) is 27.9 Å². The van der Waals surface area contributed by atoms with Gasteiger partial charge in [-0.1, -0.05) is 0 Å². The monoisotopic (exact) mass is 331 g/mol. The van der Waals surface area contributed by atoms with Crippen LogP contribution in [0.25, 0.3) is 0 Å². The van der Waals surface area contributed by atoms with Crippen LogP contribution in [0.5, 0.6) is 0 Å². The van der Waals surface area contributed by atoms with Gasteiger partial charge in [-0.2, -0.15) is 12.6 Å². The van der Waals surface area contributed by atoms with Gasteiger partial charge in [-0.3, -0.25) is 14.6 Å². The number of carboxylic acid groups (broad SMARTS) is 2. The van der Waals surface area contributed by atoms with E-state index >= 15 is 0 Å². The van der Waals surface area contributed by atoms with Crippen LogP contribution in [0.3, 0.4) is 0 Å². The molecule has 0 aromatic carbocycles. The molecule has 2 atom stereocenters. The van der Waals surface area contributed by atoms with Crippen molar-refractivity contribution in [3.63, 3.8) is 0 Å². The van der Waals surface area contributed by atoms with E-state index in [1.54, 1.807) is 0 Å². The Bertz CT molecular complexity index is 315. The predicted octanol–water partition coefficient (Wildman–Crippen LogP) is -1.80. The molecule has 0 aromatic rings. The fraction of sp³-hybridized carbons (Fsp3) is 0.667. The molecule has 20 heavy (non-hydrogen) atoms. The van der Waals surface area contributed by atoms with Gasteiger partial charge in [-0.05, 0) is 12.8 Å². The summed E-state index contributed by atoms with van der Waals surface area (Å²) >= 11 is 3.65. The number of nitrogens with zero attached hydrogens (tertiary/aromatic N) is 1. The number of guanidine groups is 1. The average Bonchev–Trinajstić information content (AvgIpc) is 2.33. The third kappa shape index (κ3) is 16.8. The number of thiol groups is 1. The first-order chi connectivity index (χ1) is 8.72. The Kier molecular flexibility index (Phi) is 16.9. The lowest BCUT2D eigenvalue weighted by Gasteiger charge is -2.03. The highest BCUT2D eigenvalue weighted by molar-refractivity contribution is 7.80. The van der Waals surface area contributed by atoms with Gasteiger partial charge in [-0.15, -0.1) is 12.4 Å². The quantitative estimate of drug-likeness (QED) is 0.123. The molecule has 0 bridgehead atoms. The van der Waals surface area contributed by atoms with E-state index < -0.39 is 24.0 Å². The SMILES string of the molecule is Cl.NC(CS)C(=O)O.NC(N)=NCCCC(N)C(=O)O. The summed E-state index contributed by atoms with van der Waals surface area (Å²) in [5.74, 6) is -1.80. The molecule has 0 aliphatic carbocycles. The minimum Gasteiger partial charge on any atom is -0.480 e. The number of carboxylic acids is 2. The molecule has 9 nitrogen and oxygen atoms in total. The Labute approximate surface area is 128 Å². The highest BCUT2D eigenvalue weighted by atomic mass is 35.5. The number of aliphatic carboxylic acids is 2. The van der Waals surface area contributed by atoms with Crippen LogP contribution in [0.1, 0.15) is 12.8 Å². The summed E-state index contributed by atoms with van der Waals surface area (Å²) in [4.78, 5) is 23.7. The molecular formula is C9H22ClN5O4S. The van der Waals surface area contributed by atoms with Gasteiger partial charge in [0.05, 0.1) is 0 Å². The Morgan fingerprint density at radius 2 is 1.55 bits per heavy atom. The van der Waals surface area contributed by atoms with Gasteiger partial charge in [0.25, 0.3) is 0 Å². The fourth-order valence-electron chi connectivity index (χ4n) is 0.721. The minimum absolute atomic E-state index is 0. The number of halogens is 1. The number of rotatable bonds is 7. The normalized spacial score (nSPS) is 11.9. The van der Waals surface area contributed by atoms with Crippen molar-refractivity contribution >= 4 is 42.9 Å². The first-order valence-electron chi connectivity index (χ1n) is 5.35. The van der Waals surface area contributed by atoms with E-state index in [1.807, 2.05) is 0 Å². The van der Waals surface area contributed by atoms with Crippen molar-refractivity contribution in [3.8, 4) is 0 Å². The third-order valence-electron chi connectivity index (χ3n) is 1.80. The van der Waals surface area contributed by atoms with E-state index in [0.717, 1.165) is 0 Å². The summed E-state index contributed by atoms with van der Waals surface area (Å²) in [6.07, 6.45) is 0.956. The Hall–Kier alpha value is -1.23. The van der Waals surface area contributed by atoms with Gasteiger partial charge in [0.2, 0.25) is 0 Å². The van der Waals surface area contributed by atoms with Crippen molar-refractivity contribution in [1.29, 1.82) is 0 Å². The highest BCUT2D eigenvalue weighted by Crippen LogP contribution is 1.94. The number of hydrogen-bond donors (Lipinski definition) is 7. The molecular weight excluding hydrogens is 310 g/mol. The maximum atomic E-state index is 10.2. The lowest BCUT2D eigenvalue weighted by Crippen LogP contribution is -2.31. The fourth-order valence-corrected chi connectivity index (χ4v) is 0.877. The highest BCUT2D eigenvalue weighted by Gasteiger charge is 2.09. The number of carbonyl (C=O) groups is 2. The zero-order chi connectivity index (χ0) is 15.4. The molecule has 120 valence electrons. The first kappa shape index (κ1) is 23.8. The van der Waals surface area contributed by atoms with Gasteiger partial charge in [0.15, 0.2) is 5.96 Å². The van der Waals surface area contributed by atoms with Crippen molar-refractivity contribution in [2.75, 3.05) is 12.3 Å². The van der Waals surface area contributed by atoms with E-state index in [4.69, 9.17) is 33.1 Å². The maximum Gasteiger partial charge on any atom is 0.321 e. The van der Waals surface area contributed by atoms with Crippen LogP contribution < -0.4 is 22.9 Å². The molecule has 0 amide bonds. The molecule has 0 aromatic heterocycles. The molecule has 0 rings (SSSR count). The van der Waals surface area contributed by atoms with Crippen LogP contribution in [-0.4, -0.2) is 52.5 Å². The van der Waals surface area contributed by atoms with E-state index in [0.29, 0.717) is 19.4 Å². The lowest BCUT2D eigenvalue weighted by atomic mass is 10.2. The molecule has 2 unspecified atom stereocenters. The summed E-state index contributed by atoms with van der Waals surface area (Å²) in [6, 6.07) is -1.64. The van der Waals surface area contributed by atoms with Crippen LogP contribution >= 0.6 is 25.0 Å². The van der Waals surface area contributed by atoms with Crippen molar-refractivity contribution in [2.45, 2.75) is 24.9 Å². The number of hydrogen-bond acceptors (Lipinski definition) is 6. The van der Waals surface area contributed by atoms with Crippen LogP contribution in [0.2, 0.25) is 0 Å². The summed E-state index contributed by atoms with van der Waals surface area (Å²) in [5.41, 5.74) is 20.3. The third-order valence-corrected chi connectivity index (χ3v) is 2.19. The number of aliphatic imine (C=N–C) groups is 1. The van der Waals surface area contributed by atoms with E-state index in [-0.39, 0.29) is 24.1 Å². The van der Waals surface area contributed by atoms with Crippen LogP contribution in [0, 0.1) is 0 Å². The van der Waals surface area contributed by atoms with E-state index in [9.17, 15) is 9.59 Å². The second-order valence-corrected chi connectivity index (χ2v) is 3.89. The van der Waals surface area contributed by atoms with Crippen LogP contribution in [0.15, 0.2) is 4.99 Å². The zero-order valence-corrected chi connectivity index (χ0v) is 12.5. The second kappa shape index (κ2) is 14.2. The summed E-state index contributed by atoms with van der Waals surface area (Å²) in [6.45, 7) is 0.420. The summed E-state index contributed by atoms with van der Waals surface area (Å²) < 4.78 is 0. The van der Waals surface area contributed by atoms with Gasteiger partial charge < -0.3 is 33.1 Å². The standard InChI is InChI=1S/C6H14N4O2.C3H7NO2S.ClH/c7-4(5(11)12)2-1-3-10-6(8)9;4-2(1-7)3(5)6;/h4H,1-3,7H2,(H,11,12)(H4,8,9,10);2,7H,1,4H2,(H,5,6);1H. The smallest absolute Gasteiger partial charge is 0.321 e. The predicted molar refractivity (Wildman–Crippen MR) is 82.2 cm³/mol. The Morgan fingerprint density at radius 1 is 1.10 bits per heavy atom. The molecule has 0 fully saturated rings. The maximum absolute atomic E-state index is 10.2. The second-order valence-electron chi connectivity index (χ2n) is 3.52. The molecule has 0 radical (unpaired) electrons. The molecule has 0 spiro atoms. The largest absolute Gasteiger partial charge is 0.480 e. The average molecular weight is 332 g/mol. The Morgan fingerprint density at radius 3 is 1.80 bits per heavy atom. The molecule has 0 aliphatic rings. The van der Waals surface area contributed by atoms with Crippen molar-refractivity contribution < 1.29 is 19.8 Å². The van der Waals surface area contributed by atoms with Gasteiger partial charge in [0.1, 0.15) is 12.1 Å². The zero-order valence-electron chi connectivity index (χ0n) is 10.8. The summed E-state index contributed by atoms with van der Waals surface area (Å²) in [5, 5.41) is 16.4. The lowest BCUT2D eigenvalue weighted by molar-refractivity contribution is -0.139. The van der Waals surface area contributed by atoms with Crippen molar-refractivity contribution in [3.05, 3.63) is 0 Å². The molecule has 0 heterocycles. The van der Waals surface area contributed by atoms with Crippen molar-refractivity contribution in [1.82, 2.24) is 0 Å². The summed E-state index contributed by atoms with van der Waals surface area (Å²) in [7, 11) is 0. The molecule has 10 N–H and O–H groups in total. The van der Waals surface area contributed by atoms with Gasteiger partial charge in [0, 0.05) is 12.3 Å². The first-order valence-corrected chi connectivity index (χ1v) is 5.98.